The highest BCUT2D eigenvalue weighted by atomic mass is 32.2. The average Bonchev–Trinajstić information content (AvgIpc) is 3.06. The van der Waals surface area contributed by atoms with Crippen LogP contribution in [-0.2, 0) is 14.8 Å². The van der Waals surface area contributed by atoms with Gasteiger partial charge >= 0.3 is 5.97 Å². The number of hydrogen-bond acceptors (Lipinski definition) is 4. The summed E-state index contributed by atoms with van der Waals surface area (Å²) in [5, 5.41) is 9.15. The second-order valence-electron chi connectivity index (χ2n) is 5.19. The Morgan fingerprint density at radius 1 is 1.50 bits per heavy atom. The van der Waals surface area contributed by atoms with Crippen molar-refractivity contribution in [1.82, 2.24) is 14.7 Å². The SMILES string of the molecule is O=C(O)C(CNS(=O)(=O)c1cnc[nH]1)CC1CCCC1. The van der Waals surface area contributed by atoms with E-state index in [0.717, 1.165) is 25.7 Å². The van der Waals surface area contributed by atoms with Crippen LogP contribution in [0.1, 0.15) is 32.1 Å². The average molecular weight is 301 g/mol. The van der Waals surface area contributed by atoms with Crippen molar-refractivity contribution in [2.24, 2.45) is 11.8 Å². The Balaban J connectivity index is 1.93. The van der Waals surface area contributed by atoms with Gasteiger partial charge in [0.15, 0.2) is 5.03 Å². The zero-order valence-corrected chi connectivity index (χ0v) is 11.9. The molecule has 1 aliphatic carbocycles. The number of carbonyl (C=O) groups is 1. The van der Waals surface area contributed by atoms with E-state index in [1.54, 1.807) is 0 Å². The van der Waals surface area contributed by atoms with Crippen LogP contribution in [0.3, 0.4) is 0 Å². The molecule has 1 unspecified atom stereocenters. The first-order valence-electron chi connectivity index (χ1n) is 6.70. The molecule has 1 aliphatic rings. The summed E-state index contributed by atoms with van der Waals surface area (Å²) in [6.07, 6.45) is 7.33. The number of carboxylic acid groups (broad SMARTS) is 1. The summed E-state index contributed by atoms with van der Waals surface area (Å²) < 4.78 is 26.1. The Morgan fingerprint density at radius 2 is 2.20 bits per heavy atom. The molecule has 1 saturated carbocycles. The first-order valence-corrected chi connectivity index (χ1v) is 8.18. The summed E-state index contributed by atoms with van der Waals surface area (Å²) in [7, 11) is -3.71. The highest BCUT2D eigenvalue weighted by molar-refractivity contribution is 7.89. The lowest BCUT2D eigenvalue weighted by Gasteiger charge is -2.17. The number of nitrogens with one attached hydrogen (secondary N) is 2. The monoisotopic (exact) mass is 301 g/mol. The Labute approximate surface area is 117 Å². The minimum atomic E-state index is -3.71. The van der Waals surface area contributed by atoms with Gasteiger partial charge in [-0.1, -0.05) is 25.7 Å². The predicted octanol–water partition coefficient (Wildman–Crippen LogP) is 0.969. The van der Waals surface area contributed by atoms with Crippen molar-refractivity contribution in [1.29, 1.82) is 0 Å². The minimum absolute atomic E-state index is 0.0532. The first-order chi connectivity index (χ1) is 9.49. The minimum Gasteiger partial charge on any atom is -0.481 e. The van der Waals surface area contributed by atoms with E-state index in [4.69, 9.17) is 0 Å². The fourth-order valence-electron chi connectivity index (χ4n) is 2.60. The number of aliphatic carboxylic acids is 1. The number of imidazole rings is 1. The van der Waals surface area contributed by atoms with Crippen LogP contribution < -0.4 is 4.72 Å². The van der Waals surface area contributed by atoms with E-state index in [1.165, 1.54) is 12.5 Å². The smallest absolute Gasteiger partial charge is 0.307 e. The van der Waals surface area contributed by atoms with Crippen molar-refractivity contribution < 1.29 is 18.3 Å². The van der Waals surface area contributed by atoms with Gasteiger partial charge in [0.2, 0.25) is 0 Å². The molecule has 0 spiro atoms. The molecule has 0 aliphatic heterocycles. The van der Waals surface area contributed by atoms with Gasteiger partial charge in [0, 0.05) is 6.54 Å². The molecular weight excluding hydrogens is 282 g/mol. The van der Waals surface area contributed by atoms with Crippen LogP contribution in [0.4, 0.5) is 0 Å². The number of sulfonamides is 1. The molecule has 1 fully saturated rings. The van der Waals surface area contributed by atoms with Crippen LogP contribution >= 0.6 is 0 Å². The van der Waals surface area contributed by atoms with Crippen LogP contribution in [0.2, 0.25) is 0 Å². The summed E-state index contributed by atoms with van der Waals surface area (Å²) >= 11 is 0. The Bertz CT molecular complexity index is 535. The first kappa shape index (κ1) is 15.0. The number of carboxylic acids is 1. The number of rotatable bonds is 7. The lowest BCUT2D eigenvalue weighted by atomic mass is 9.93. The van der Waals surface area contributed by atoms with E-state index >= 15 is 0 Å². The molecule has 0 saturated heterocycles. The van der Waals surface area contributed by atoms with Gasteiger partial charge in [-0.2, -0.15) is 0 Å². The maximum absolute atomic E-state index is 11.9. The van der Waals surface area contributed by atoms with Crippen molar-refractivity contribution in [3.63, 3.8) is 0 Å². The fraction of sp³-hybridized carbons (Fsp3) is 0.667. The van der Waals surface area contributed by atoms with Crippen molar-refractivity contribution in [2.45, 2.75) is 37.1 Å². The number of aromatic amines is 1. The zero-order chi connectivity index (χ0) is 14.6. The molecular formula is C12H19N3O4S. The standard InChI is InChI=1S/C12H19N3O4S/c16-12(17)10(5-9-3-1-2-4-9)6-15-20(18,19)11-7-13-8-14-11/h7-10,15H,1-6H2,(H,13,14)(H,16,17). The van der Waals surface area contributed by atoms with Crippen molar-refractivity contribution in [3.8, 4) is 0 Å². The molecule has 2 rings (SSSR count). The Morgan fingerprint density at radius 3 is 2.75 bits per heavy atom. The van der Waals surface area contributed by atoms with Gasteiger partial charge in [0.05, 0.1) is 18.4 Å². The van der Waals surface area contributed by atoms with Crippen LogP contribution in [0.25, 0.3) is 0 Å². The van der Waals surface area contributed by atoms with Gasteiger partial charge in [0.25, 0.3) is 10.0 Å². The van der Waals surface area contributed by atoms with E-state index in [9.17, 15) is 18.3 Å². The van der Waals surface area contributed by atoms with Gasteiger partial charge in [-0.3, -0.25) is 4.79 Å². The maximum Gasteiger partial charge on any atom is 0.307 e. The predicted molar refractivity (Wildman–Crippen MR) is 71.5 cm³/mol. The van der Waals surface area contributed by atoms with Crippen LogP contribution in [-0.4, -0.2) is 36.0 Å². The number of aromatic nitrogens is 2. The molecule has 20 heavy (non-hydrogen) atoms. The summed E-state index contributed by atoms with van der Waals surface area (Å²) in [6, 6.07) is 0. The summed E-state index contributed by atoms with van der Waals surface area (Å²) in [4.78, 5) is 17.4. The topological polar surface area (TPSA) is 112 Å². The molecule has 1 aromatic heterocycles. The second kappa shape index (κ2) is 6.36. The third-order valence-electron chi connectivity index (χ3n) is 3.72. The highest BCUT2D eigenvalue weighted by Crippen LogP contribution is 2.30. The number of nitrogens with zero attached hydrogens (tertiary/aromatic N) is 1. The molecule has 1 aromatic rings. The summed E-state index contributed by atoms with van der Waals surface area (Å²) in [6.45, 7) is -0.0901. The molecule has 8 heteroatoms. The summed E-state index contributed by atoms with van der Waals surface area (Å²) in [5.74, 6) is -1.24. The van der Waals surface area contributed by atoms with Gasteiger partial charge in [-0.15, -0.1) is 0 Å². The van der Waals surface area contributed by atoms with Crippen LogP contribution in [0.15, 0.2) is 17.6 Å². The third-order valence-corrected chi connectivity index (χ3v) is 5.07. The van der Waals surface area contributed by atoms with Crippen molar-refractivity contribution in [3.05, 3.63) is 12.5 Å². The lowest BCUT2D eigenvalue weighted by molar-refractivity contribution is -0.142. The third kappa shape index (κ3) is 3.80. The second-order valence-corrected chi connectivity index (χ2v) is 6.92. The number of H-pyrrole nitrogens is 1. The van der Waals surface area contributed by atoms with E-state index in [1.807, 2.05) is 0 Å². The molecule has 1 heterocycles. The zero-order valence-electron chi connectivity index (χ0n) is 11.1. The number of hydrogen-bond donors (Lipinski definition) is 3. The molecule has 112 valence electrons. The summed E-state index contributed by atoms with van der Waals surface area (Å²) in [5.41, 5.74) is 0. The van der Waals surface area contributed by atoms with Crippen LogP contribution in [0, 0.1) is 11.8 Å². The Hall–Kier alpha value is -1.41. The molecule has 1 atom stereocenters. The van der Waals surface area contributed by atoms with Gasteiger partial charge in [0.1, 0.15) is 0 Å². The normalized spacial score (nSPS) is 18.2. The molecule has 0 aromatic carbocycles. The van der Waals surface area contributed by atoms with Crippen molar-refractivity contribution >= 4 is 16.0 Å². The van der Waals surface area contributed by atoms with E-state index in [-0.39, 0.29) is 11.6 Å². The fourth-order valence-corrected chi connectivity index (χ4v) is 3.58. The van der Waals surface area contributed by atoms with Gasteiger partial charge in [-0.25, -0.2) is 18.1 Å². The molecule has 0 amide bonds. The van der Waals surface area contributed by atoms with E-state index < -0.39 is 21.9 Å². The molecule has 3 N–H and O–H groups in total. The van der Waals surface area contributed by atoms with Crippen molar-refractivity contribution in [2.75, 3.05) is 6.54 Å². The van der Waals surface area contributed by atoms with Gasteiger partial charge in [-0.05, 0) is 12.3 Å². The van der Waals surface area contributed by atoms with E-state index in [2.05, 4.69) is 14.7 Å². The molecule has 7 nitrogen and oxygen atoms in total. The maximum atomic E-state index is 11.9. The largest absolute Gasteiger partial charge is 0.481 e. The van der Waals surface area contributed by atoms with Crippen LogP contribution in [0.5, 0.6) is 0 Å². The lowest BCUT2D eigenvalue weighted by Crippen LogP contribution is -2.34. The highest BCUT2D eigenvalue weighted by Gasteiger charge is 2.27. The van der Waals surface area contributed by atoms with Gasteiger partial charge < -0.3 is 10.1 Å². The molecule has 0 radical (unpaired) electrons. The quantitative estimate of drug-likeness (QED) is 0.694. The molecule has 0 bridgehead atoms. The van der Waals surface area contributed by atoms with E-state index in [0.29, 0.717) is 12.3 Å². The Kier molecular flexibility index (Phi) is 4.77.